The summed E-state index contributed by atoms with van der Waals surface area (Å²) in [6.45, 7) is 1.18. The van der Waals surface area contributed by atoms with Gasteiger partial charge in [0.1, 0.15) is 5.60 Å². The van der Waals surface area contributed by atoms with Gasteiger partial charge in [-0.25, -0.2) is 5.11 Å². The summed E-state index contributed by atoms with van der Waals surface area (Å²) in [5.41, 5.74) is 4.38. The van der Waals surface area contributed by atoms with Crippen LogP contribution < -0.4 is 5.73 Å². The molecule has 0 aromatic carbocycles. The third-order valence-electron chi connectivity index (χ3n) is 1.18. The number of hydrogen-bond acceptors (Lipinski definition) is 2. The third kappa shape index (κ3) is 10.1. The summed E-state index contributed by atoms with van der Waals surface area (Å²) in [7, 11) is -3.64. The highest BCUT2D eigenvalue weighted by atomic mass is 31.2. The Balaban J connectivity index is 0.000000187. The van der Waals surface area contributed by atoms with E-state index in [-0.39, 0.29) is 0 Å². The minimum Gasteiger partial charge on any atom is -0.328 e. The molecule has 67 valence electrons. The topological polar surface area (TPSA) is 103 Å². The van der Waals surface area contributed by atoms with Crippen LogP contribution in [0.5, 0.6) is 0 Å². The molecule has 0 aromatic heterocycles. The normalized spacial score (nSPS) is 20.1. The first-order valence-corrected chi connectivity index (χ1v) is 5.26. The summed E-state index contributed by atoms with van der Waals surface area (Å²) in [6.07, 6.45) is 1.59. The highest BCUT2D eigenvalue weighted by molar-refractivity contribution is 7.50. The second-order valence-electron chi connectivity index (χ2n) is 2.72. The molecule has 0 bridgehead atoms. The molecule has 0 saturated heterocycles. The largest absolute Gasteiger partial charge is 0.328 e. The lowest BCUT2D eigenvalue weighted by Gasteiger charge is -1.92. The molecule has 1 aliphatic rings. The van der Waals surface area contributed by atoms with E-state index in [0.717, 1.165) is 19.5 Å². The summed E-state index contributed by atoms with van der Waals surface area (Å²) < 4.78 is 9.33. The van der Waals surface area contributed by atoms with Crippen molar-refractivity contribution in [2.45, 2.75) is 18.4 Å². The molecule has 0 amide bonds. The summed E-state index contributed by atoms with van der Waals surface area (Å²) in [5.74, 6) is 0. The van der Waals surface area contributed by atoms with Crippen molar-refractivity contribution in [3.05, 3.63) is 0 Å². The van der Waals surface area contributed by atoms with Gasteiger partial charge in [-0.2, -0.15) is 0 Å². The maximum Gasteiger partial charge on any atom is 0.322 e. The van der Waals surface area contributed by atoms with Crippen molar-refractivity contribution < 1.29 is 19.5 Å². The molecule has 11 heavy (non-hydrogen) atoms. The molecule has 1 aliphatic carbocycles. The van der Waals surface area contributed by atoms with Crippen LogP contribution >= 0.6 is 7.60 Å². The van der Waals surface area contributed by atoms with Crippen LogP contribution in [0.3, 0.4) is 0 Å². The molecule has 4 N–H and O–H groups in total. The zero-order valence-electron chi connectivity index (χ0n) is 6.36. The molecule has 0 spiro atoms. The van der Waals surface area contributed by atoms with Crippen LogP contribution in [0.2, 0.25) is 0 Å². The van der Waals surface area contributed by atoms with Crippen LogP contribution in [0.4, 0.5) is 0 Å². The summed E-state index contributed by atoms with van der Waals surface area (Å²) >= 11 is 0. The smallest absolute Gasteiger partial charge is 0.322 e. The predicted octanol–water partition coefficient (Wildman–Crippen LogP) is -0.298. The van der Waals surface area contributed by atoms with Gasteiger partial charge in [0.25, 0.3) is 0 Å². The summed E-state index contributed by atoms with van der Waals surface area (Å²) in [5, 5.41) is 10.5. The summed E-state index contributed by atoms with van der Waals surface area (Å²) in [6, 6.07) is 0. The van der Waals surface area contributed by atoms with Crippen molar-refractivity contribution in [2.75, 3.05) is 13.2 Å². The number of rotatable bonds is 1. The van der Waals surface area contributed by atoms with E-state index in [2.05, 4.69) is 0 Å². The van der Waals surface area contributed by atoms with Gasteiger partial charge in [-0.3, -0.25) is 4.57 Å². The molecule has 6 heteroatoms. The van der Waals surface area contributed by atoms with E-state index in [4.69, 9.17) is 15.5 Å². The lowest BCUT2D eigenvalue weighted by Crippen LogP contribution is -2.18. The van der Waals surface area contributed by atoms with E-state index < -0.39 is 13.2 Å². The maximum absolute atomic E-state index is 10.5. The number of hydrogen-bond donors (Lipinski definition) is 3. The van der Waals surface area contributed by atoms with E-state index in [0.29, 0.717) is 6.54 Å². The van der Waals surface area contributed by atoms with Gasteiger partial charge in [-0.1, -0.05) is 0 Å². The molecule has 0 heterocycles. The first-order valence-electron chi connectivity index (χ1n) is 3.20. The molecule has 1 fully saturated rings. The molecular formula is C5H13NO4P. The zero-order chi connectivity index (χ0) is 9.12. The van der Waals surface area contributed by atoms with Gasteiger partial charge in [0.05, 0.1) is 0 Å². The van der Waals surface area contributed by atoms with Crippen LogP contribution in [0.25, 0.3) is 0 Å². The molecule has 0 aliphatic heterocycles. The Bertz CT molecular complexity index is 154. The van der Waals surface area contributed by atoms with E-state index in [1.165, 1.54) is 0 Å². The quantitative estimate of drug-likeness (QED) is 0.484. The fourth-order valence-corrected chi connectivity index (χ4v) is 0.344. The molecular weight excluding hydrogens is 169 g/mol. The van der Waals surface area contributed by atoms with Crippen molar-refractivity contribution in [1.29, 1.82) is 0 Å². The van der Waals surface area contributed by atoms with Crippen LogP contribution in [0, 0.1) is 0 Å². The van der Waals surface area contributed by atoms with Crippen LogP contribution in [-0.4, -0.2) is 28.6 Å². The Morgan fingerprint density at radius 3 is 1.82 bits per heavy atom. The molecule has 0 aromatic rings. The molecule has 1 rings (SSSR count). The molecule has 1 saturated carbocycles. The standard InChI is InChI=1S/C4H8NO.CH5O3P/c5-3-4(6)1-2-4;1-5(2,3)4/h1-3,5H2;1H3,(H2,2,3,4). The van der Waals surface area contributed by atoms with Crippen LogP contribution in [0.15, 0.2) is 0 Å². The average Bonchev–Trinajstić information content (AvgIpc) is 2.45. The minimum absolute atomic E-state index is 0.326. The third-order valence-corrected chi connectivity index (χ3v) is 1.18. The fourth-order valence-electron chi connectivity index (χ4n) is 0.344. The van der Waals surface area contributed by atoms with Gasteiger partial charge in [-0.15, -0.1) is 0 Å². The lowest BCUT2D eigenvalue weighted by atomic mass is 10.4. The van der Waals surface area contributed by atoms with Gasteiger partial charge in [0, 0.05) is 13.2 Å². The van der Waals surface area contributed by atoms with E-state index in [1.807, 2.05) is 0 Å². The van der Waals surface area contributed by atoms with Crippen molar-refractivity contribution in [2.24, 2.45) is 5.73 Å². The Labute approximate surface area is 65.4 Å². The molecule has 0 unspecified atom stereocenters. The lowest BCUT2D eigenvalue weighted by molar-refractivity contribution is 0.0726. The van der Waals surface area contributed by atoms with Crippen molar-refractivity contribution in [3.8, 4) is 0 Å². The monoisotopic (exact) mass is 182 g/mol. The van der Waals surface area contributed by atoms with Gasteiger partial charge >= 0.3 is 7.60 Å². The van der Waals surface area contributed by atoms with Crippen molar-refractivity contribution >= 4 is 7.60 Å². The highest BCUT2D eigenvalue weighted by Gasteiger charge is 2.40. The fraction of sp³-hybridized carbons (Fsp3) is 1.00. The van der Waals surface area contributed by atoms with E-state index >= 15 is 0 Å². The van der Waals surface area contributed by atoms with Crippen LogP contribution in [0.1, 0.15) is 12.8 Å². The summed E-state index contributed by atoms with van der Waals surface area (Å²) in [4.78, 5) is 15.3. The predicted molar refractivity (Wildman–Crippen MR) is 39.7 cm³/mol. The van der Waals surface area contributed by atoms with Crippen molar-refractivity contribution in [1.82, 2.24) is 0 Å². The number of nitrogens with two attached hydrogens (primary N) is 1. The second-order valence-corrected chi connectivity index (χ2v) is 4.39. The van der Waals surface area contributed by atoms with Gasteiger partial charge < -0.3 is 15.5 Å². The first-order chi connectivity index (χ1) is 4.77. The maximum atomic E-state index is 10.5. The van der Waals surface area contributed by atoms with Gasteiger partial charge in [-0.05, 0) is 12.8 Å². The van der Waals surface area contributed by atoms with Gasteiger partial charge in [0.2, 0.25) is 0 Å². The second kappa shape index (κ2) is 3.65. The zero-order valence-corrected chi connectivity index (χ0v) is 7.25. The van der Waals surface area contributed by atoms with Gasteiger partial charge in [0.15, 0.2) is 0 Å². The molecule has 1 radical (unpaired) electrons. The molecule has 5 nitrogen and oxygen atoms in total. The Hall–Kier alpha value is 0.0700. The highest BCUT2D eigenvalue weighted by Crippen LogP contribution is 2.33. The van der Waals surface area contributed by atoms with E-state index in [9.17, 15) is 9.67 Å². The minimum atomic E-state index is -3.64. The Morgan fingerprint density at radius 1 is 1.55 bits per heavy atom. The first kappa shape index (κ1) is 11.1. The Kier molecular flexibility index (Phi) is 3.67. The SMILES string of the molecule is CP(=O)(O)O.NCC1([O])CC1. The van der Waals surface area contributed by atoms with Crippen LogP contribution in [-0.2, 0) is 9.67 Å². The molecule has 0 atom stereocenters. The van der Waals surface area contributed by atoms with Crippen molar-refractivity contribution in [3.63, 3.8) is 0 Å². The average molecular weight is 182 g/mol. The Morgan fingerprint density at radius 2 is 1.82 bits per heavy atom. The van der Waals surface area contributed by atoms with E-state index in [1.54, 1.807) is 0 Å².